The zero-order valence-electron chi connectivity index (χ0n) is 14.0. The Morgan fingerprint density at radius 1 is 1.35 bits per heavy atom. The van der Waals surface area contributed by atoms with Crippen LogP contribution in [0.5, 0.6) is 0 Å². The molecule has 1 saturated heterocycles. The van der Waals surface area contributed by atoms with Crippen molar-refractivity contribution >= 4 is 5.82 Å². The van der Waals surface area contributed by atoms with Gasteiger partial charge in [0, 0.05) is 37.1 Å². The van der Waals surface area contributed by atoms with Gasteiger partial charge in [0.1, 0.15) is 5.82 Å². The fraction of sp³-hybridized carbons (Fsp3) is 0.556. The molecule has 0 amide bonds. The quantitative estimate of drug-likeness (QED) is 0.911. The third kappa shape index (κ3) is 2.85. The molecule has 1 aliphatic carbocycles. The summed E-state index contributed by atoms with van der Waals surface area (Å²) in [6.07, 6.45) is 8.05. The van der Waals surface area contributed by atoms with Crippen molar-refractivity contribution in [3.8, 4) is 11.1 Å². The van der Waals surface area contributed by atoms with Crippen molar-refractivity contribution in [3.63, 3.8) is 0 Å². The number of piperidine rings is 1. The summed E-state index contributed by atoms with van der Waals surface area (Å²) in [6.45, 7) is 5.47. The maximum atomic E-state index is 4.58. The average Bonchev–Trinajstić information content (AvgIpc) is 3.10. The molecule has 1 saturated carbocycles. The molecule has 2 aromatic heterocycles. The second-order valence-electron chi connectivity index (χ2n) is 7.13. The van der Waals surface area contributed by atoms with Crippen LogP contribution in [0.4, 0.5) is 5.82 Å². The molecule has 2 fully saturated rings. The average molecular weight is 311 g/mol. The predicted octanol–water partition coefficient (Wildman–Crippen LogP) is 2.59. The van der Waals surface area contributed by atoms with Gasteiger partial charge in [-0.3, -0.25) is 4.68 Å². The fourth-order valence-corrected chi connectivity index (χ4v) is 4.03. The van der Waals surface area contributed by atoms with E-state index in [2.05, 4.69) is 32.8 Å². The summed E-state index contributed by atoms with van der Waals surface area (Å²) in [5.41, 5.74) is 3.95. The van der Waals surface area contributed by atoms with Crippen LogP contribution in [-0.2, 0) is 7.05 Å². The first-order valence-electron chi connectivity index (χ1n) is 8.58. The van der Waals surface area contributed by atoms with Gasteiger partial charge in [0.05, 0.1) is 5.69 Å². The normalized spacial score (nSPS) is 22.3. The minimum atomic E-state index is 0.630. The van der Waals surface area contributed by atoms with Crippen LogP contribution in [0.3, 0.4) is 0 Å². The maximum absolute atomic E-state index is 4.58. The van der Waals surface area contributed by atoms with E-state index in [1.165, 1.54) is 32.4 Å². The van der Waals surface area contributed by atoms with Crippen molar-refractivity contribution in [2.75, 3.05) is 25.0 Å². The van der Waals surface area contributed by atoms with Crippen LogP contribution in [0.1, 0.15) is 25.0 Å². The number of hydrogen-bond donors (Lipinski definition) is 2. The molecule has 2 aliphatic rings. The van der Waals surface area contributed by atoms with Crippen LogP contribution in [0, 0.1) is 18.3 Å². The molecule has 2 N–H and O–H groups in total. The third-order valence-electron chi connectivity index (χ3n) is 5.58. The number of rotatable bonds is 4. The van der Waals surface area contributed by atoms with E-state index in [1.54, 1.807) is 0 Å². The maximum Gasteiger partial charge on any atom is 0.125 e. The molecule has 122 valence electrons. The van der Waals surface area contributed by atoms with Crippen LogP contribution in [0.25, 0.3) is 11.1 Å². The highest BCUT2D eigenvalue weighted by Gasteiger charge is 2.53. The monoisotopic (exact) mass is 311 g/mol. The van der Waals surface area contributed by atoms with Crippen molar-refractivity contribution in [3.05, 3.63) is 30.2 Å². The van der Waals surface area contributed by atoms with Crippen molar-refractivity contribution in [2.24, 2.45) is 18.4 Å². The Kier molecular flexibility index (Phi) is 3.60. The van der Waals surface area contributed by atoms with Gasteiger partial charge in [0.15, 0.2) is 0 Å². The first-order chi connectivity index (χ1) is 11.2. The van der Waals surface area contributed by atoms with Crippen molar-refractivity contribution in [1.29, 1.82) is 0 Å². The van der Waals surface area contributed by atoms with Crippen LogP contribution < -0.4 is 10.6 Å². The van der Waals surface area contributed by atoms with Gasteiger partial charge >= 0.3 is 0 Å². The molecule has 5 nitrogen and oxygen atoms in total. The second-order valence-corrected chi connectivity index (χ2v) is 7.13. The summed E-state index contributed by atoms with van der Waals surface area (Å²) in [4.78, 5) is 4.58. The zero-order chi connectivity index (χ0) is 15.9. The van der Waals surface area contributed by atoms with E-state index < -0.39 is 0 Å². The van der Waals surface area contributed by atoms with Crippen LogP contribution in [0.2, 0.25) is 0 Å². The van der Waals surface area contributed by atoms with Gasteiger partial charge in [0.2, 0.25) is 0 Å². The van der Waals surface area contributed by atoms with E-state index >= 15 is 0 Å². The molecule has 4 rings (SSSR count). The Hall–Kier alpha value is -1.88. The van der Waals surface area contributed by atoms with Crippen LogP contribution >= 0.6 is 0 Å². The number of nitrogens with one attached hydrogen (secondary N) is 2. The third-order valence-corrected chi connectivity index (χ3v) is 5.58. The minimum absolute atomic E-state index is 0.630. The van der Waals surface area contributed by atoms with Gasteiger partial charge in [-0.05, 0) is 62.7 Å². The Morgan fingerprint density at radius 3 is 2.83 bits per heavy atom. The van der Waals surface area contributed by atoms with Crippen molar-refractivity contribution in [1.82, 2.24) is 20.1 Å². The molecular weight excluding hydrogens is 286 g/mol. The van der Waals surface area contributed by atoms with Crippen molar-refractivity contribution in [2.45, 2.75) is 26.2 Å². The molecule has 1 spiro atoms. The van der Waals surface area contributed by atoms with Crippen LogP contribution in [-0.4, -0.2) is 34.4 Å². The molecule has 1 unspecified atom stereocenters. The standard InChI is InChI=1S/C18H25N5/c1-13-16(12-23(2)22-13)14-3-4-17(20-10-14)21-11-15-9-18(15)5-7-19-8-6-18/h3-4,10,12,15,19H,5-9,11H2,1-2H3,(H,20,21). The first kappa shape index (κ1) is 14.7. The Morgan fingerprint density at radius 2 is 2.17 bits per heavy atom. The van der Waals surface area contributed by atoms with Gasteiger partial charge in [-0.25, -0.2) is 4.98 Å². The van der Waals surface area contributed by atoms with Gasteiger partial charge in [-0.1, -0.05) is 0 Å². The number of nitrogens with zero attached hydrogens (tertiary/aromatic N) is 3. The van der Waals surface area contributed by atoms with Gasteiger partial charge in [-0.15, -0.1) is 0 Å². The number of aryl methyl sites for hydroxylation is 2. The zero-order valence-corrected chi connectivity index (χ0v) is 14.0. The molecule has 0 radical (unpaired) electrons. The number of pyridine rings is 1. The lowest BCUT2D eigenvalue weighted by Gasteiger charge is -2.23. The SMILES string of the molecule is Cc1nn(C)cc1-c1ccc(NCC2CC23CCNCC3)nc1. The number of aromatic nitrogens is 3. The summed E-state index contributed by atoms with van der Waals surface area (Å²) in [5, 5.41) is 11.4. The smallest absolute Gasteiger partial charge is 0.125 e. The molecule has 5 heteroatoms. The van der Waals surface area contributed by atoms with Gasteiger partial charge < -0.3 is 10.6 Å². The molecular formula is C18H25N5. The lowest BCUT2D eigenvalue weighted by Crippen LogP contribution is -2.30. The second kappa shape index (κ2) is 5.64. The van der Waals surface area contributed by atoms with E-state index in [4.69, 9.17) is 0 Å². The molecule has 3 heterocycles. The van der Waals surface area contributed by atoms with Gasteiger partial charge in [0.25, 0.3) is 0 Å². The molecule has 0 aromatic carbocycles. The van der Waals surface area contributed by atoms with E-state index in [-0.39, 0.29) is 0 Å². The first-order valence-corrected chi connectivity index (χ1v) is 8.58. The predicted molar refractivity (Wildman–Crippen MR) is 92.3 cm³/mol. The number of hydrogen-bond acceptors (Lipinski definition) is 4. The lowest BCUT2D eigenvalue weighted by atomic mass is 9.92. The molecule has 2 aromatic rings. The summed E-state index contributed by atoms with van der Waals surface area (Å²) in [6, 6.07) is 4.21. The molecule has 1 atom stereocenters. The van der Waals surface area contributed by atoms with E-state index in [0.717, 1.165) is 35.1 Å². The fourth-order valence-electron chi connectivity index (χ4n) is 4.03. The Bertz CT molecular complexity index is 682. The lowest BCUT2D eigenvalue weighted by molar-refractivity contribution is 0.326. The van der Waals surface area contributed by atoms with E-state index in [1.807, 2.05) is 31.0 Å². The summed E-state index contributed by atoms with van der Waals surface area (Å²) >= 11 is 0. The minimum Gasteiger partial charge on any atom is -0.370 e. The topological polar surface area (TPSA) is 54.8 Å². The highest BCUT2D eigenvalue weighted by molar-refractivity contribution is 5.65. The molecule has 1 aliphatic heterocycles. The van der Waals surface area contributed by atoms with Crippen molar-refractivity contribution < 1.29 is 0 Å². The largest absolute Gasteiger partial charge is 0.370 e. The van der Waals surface area contributed by atoms with E-state index in [0.29, 0.717) is 5.41 Å². The summed E-state index contributed by atoms with van der Waals surface area (Å²) in [7, 11) is 1.95. The summed E-state index contributed by atoms with van der Waals surface area (Å²) < 4.78 is 1.85. The Balaban J connectivity index is 1.37. The Labute approximate surface area is 137 Å². The van der Waals surface area contributed by atoms with E-state index in [9.17, 15) is 0 Å². The molecule has 0 bridgehead atoms. The van der Waals surface area contributed by atoms with Crippen LogP contribution in [0.15, 0.2) is 24.5 Å². The number of anilines is 1. The summed E-state index contributed by atoms with van der Waals surface area (Å²) in [5.74, 6) is 1.80. The molecule has 23 heavy (non-hydrogen) atoms. The van der Waals surface area contributed by atoms with Gasteiger partial charge in [-0.2, -0.15) is 5.10 Å². The highest BCUT2D eigenvalue weighted by Crippen LogP contribution is 2.58. The highest BCUT2D eigenvalue weighted by atomic mass is 15.2.